The SMILES string of the molecule is CCCCOCc1cc(F)c(C#Cc2ccc(-c3cc(F)c(C#N)c(F)c3C(F)(F)F)cc2)c(F)c1. The summed E-state index contributed by atoms with van der Waals surface area (Å²) in [6.07, 6.45) is -3.46. The molecule has 186 valence electrons. The van der Waals surface area contributed by atoms with Crippen molar-refractivity contribution >= 4 is 0 Å². The third kappa shape index (κ3) is 6.05. The van der Waals surface area contributed by atoms with Crippen molar-refractivity contribution in [1.29, 1.82) is 5.26 Å². The molecule has 0 unspecified atom stereocenters. The van der Waals surface area contributed by atoms with Crippen LogP contribution in [-0.4, -0.2) is 6.61 Å². The zero-order valence-corrected chi connectivity index (χ0v) is 18.9. The minimum absolute atomic E-state index is 0.0411. The molecule has 0 radical (unpaired) electrons. The molecule has 0 fully saturated rings. The highest BCUT2D eigenvalue weighted by molar-refractivity contribution is 5.70. The first-order valence-corrected chi connectivity index (χ1v) is 10.7. The van der Waals surface area contributed by atoms with Crippen LogP contribution in [0.1, 0.15) is 47.6 Å². The van der Waals surface area contributed by atoms with Gasteiger partial charge >= 0.3 is 6.18 Å². The molecule has 0 aliphatic carbocycles. The molecule has 3 aromatic carbocycles. The van der Waals surface area contributed by atoms with Gasteiger partial charge in [0, 0.05) is 12.2 Å². The van der Waals surface area contributed by atoms with Crippen LogP contribution < -0.4 is 0 Å². The standard InChI is InChI=1S/C27H18F7NO/c1-2-3-10-36-15-17-11-22(28)19(23(29)12-17)9-6-16-4-7-18(8-5-16)20-13-24(30)21(14-35)26(31)25(20)27(32,33)34/h4-5,7-8,11-13H,2-3,10,15H2,1H3. The van der Waals surface area contributed by atoms with E-state index in [9.17, 15) is 30.7 Å². The average Bonchev–Trinajstić information content (AvgIpc) is 2.80. The number of nitrogens with zero attached hydrogens (tertiary/aromatic N) is 1. The third-order valence-electron chi connectivity index (χ3n) is 5.15. The predicted octanol–water partition coefficient (Wildman–Crippen LogP) is 7.52. The maximum absolute atomic E-state index is 14.4. The summed E-state index contributed by atoms with van der Waals surface area (Å²) in [5.41, 5.74) is -4.11. The summed E-state index contributed by atoms with van der Waals surface area (Å²) in [5, 5.41) is 8.78. The first-order valence-electron chi connectivity index (χ1n) is 10.7. The smallest absolute Gasteiger partial charge is 0.377 e. The molecule has 0 atom stereocenters. The van der Waals surface area contributed by atoms with E-state index < -0.39 is 51.7 Å². The number of benzene rings is 3. The number of hydrogen-bond donors (Lipinski definition) is 0. The largest absolute Gasteiger partial charge is 0.419 e. The number of alkyl halides is 3. The first kappa shape index (κ1) is 26.8. The van der Waals surface area contributed by atoms with Crippen LogP contribution in [0.5, 0.6) is 0 Å². The quantitative estimate of drug-likeness (QED) is 0.197. The van der Waals surface area contributed by atoms with Gasteiger partial charge in [-0.1, -0.05) is 37.3 Å². The molecule has 2 nitrogen and oxygen atoms in total. The highest BCUT2D eigenvalue weighted by Gasteiger charge is 2.39. The molecule has 3 rings (SSSR count). The molecule has 0 amide bonds. The van der Waals surface area contributed by atoms with E-state index in [1.807, 2.05) is 6.92 Å². The van der Waals surface area contributed by atoms with Gasteiger partial charge in [0.25, 0.3) is 0 Å². The Balaban J connectivity index is 1.90. The number of halogens is 7. The van der Waals surface area contributed by atoms with Gasteiger partial charge in [0.2, 0.25) is 0 Å². The van der Waals surface area contributed by atoms with Gasteiger partial charge in [-0.25, -0.2) is 17.6 Å². The lowest BCUT2D eigenvalue weighted by Gasteiger charge is -2.15. The monoisotopic (exact) mass is 505 g/mol. The van der Waals surface area contributed by atoms with E-state index in [-0.39, 0.29) is 17.7 Å². The third-order valence-corrected chi connectivity index (χ3v) is 5.15. The van der Waals surface area contributed by atoms with Crippen molar-refractivity contribution in [1.82, 2.24) is 0 Å². The van der Waals surface area contributed by atoms with E-state index in [1.165, 1.54) is 12.1 Å². The Morgan fingerprint density at radius 3 is 2.03 bits per heavy atom. The summed E-state index contributed by atoms with van der Waals surface area (Å²) < 4.78 is 103. The first-order chi connectivity index (χ1) is 17.1. The van der Waals surface area contributed by atoms with E-state index in [4.69, 9.17) is 10.00 Å². The molecule has 0 aliphatic heterocycles. The van der Waals surface area contributed by atoms with E-state index in [2.05, 4.69) is 11.8 Å². The summed E-state index contributed by atoms with van der Waals surface area (Å²) >= 11 is 0. The molecule has 0 bridgehead atoms. The summed E-state index contributed by atoms with van der Waals surface area (Å²) in [6, 6.07) is 8.47. The zero-order chi connectivity index (χ0) is 26.5. The average molecular weight is 505 g/mol. The molecular weight excluding hydrogens is 487 g/mol. The fraction of sp³-hybridized carbons (Fsp3) is 0.222. The molecule has 0 saturated heterocycles. The number of hydrogen-bond acceptors (Lipinski definition) is 2. The second kappa shape index (κ2) is 11.3. The van der Waals surface area contributed by atoms with Gasteiger partial charge in [-0.05, 0) is 53.4 Å². The van der Waals surface area contributed by atoms with Gasteiger partial charge in [0.1, 0.15) is 34.6 Å². The lowest BCUT2D eigenvalue weighted by atomic mass is 9.95. The Hall–Kier alpha value is -3.82. The minimum Gasteiger partial charge on any atom is -0.377 e. The highest BCUT2D eigenvalue weighted by atomic mass is 19.4. The molecule has 0 heterocycles. The van der Waals surface area contributed by atoms with Gasteiger partial charge < -0.3 is 4.74 Å². The van der Waals surface area contributed by atoms with Crippen molar-refractivity contribution < 1.29 is 35.5 Å². The molecule has 0 spiro atoms. The Kier molecular flexibility index (Phi) is 8.39. The van der Waals surface area contributed by atoms with E-state index in [0.29, 0.717) is 18.2 Å². The van der Waals surface area contributed by atoms with Gasteiger partial charge in [-0.2, -0.15) is 18.4 Å². The fourth-order valence-corrected chi connectivity index (χ4v) is 3.36. The van der Waals surface area contributed by atoms with Crippen LogP contribution in [-0.2, 0) is 17.5 Å². The summed E-state index contributed by atoms with van der Waals surface area (Å²) in [6.45, 7) is 2.49. The van der Waals surface area contributed by atoms with E-state index >= 15 is 0 Å². The van der Waals surface area contributed by atoms with Gasteiger partial charge in [-0.15, -0.1) is 0 Å². The molecule has 0 aromatic heterocycles. The maximum atomic E-state index is 14.4. The van der Waals surface area contributed by atoms with Gasteiger partial charge in [-0.3, -0.25) is 0 Å². The molecule has 0 N–H and O–H groups in total. The van der Waals surface area contributed by atoms with Crippen LogP contribution in [0.2, 0.25) is 0 Å². The Morgan fingerprint density at radius 1 is 0.861 bits per heavy atom. The molecule has 0 aliphatic rings. The van der Waals surface area contributed by atoms with Crippen LogP contribution in [0, 0.1) is 46.4 Å². The number of rotatable bonds is 6. The maximum Gasteiger partial charge on any atom is 0.419 e. The van der Waals surface area contributed by atoms with Crippen molar-refractivity contribution in [3.63, 3.8) is 0 Å². The predicted molar refractivity (Wildman–Crippen MR) is 118 cm³/mol. The fourth-order valence-electron chi connectivity index (χ4n) is 3.36. The van der Waals surface area contributed by atoms with Gasteiger partial charge in [0.15, 0.2) is 5.82 Å². The van der Waals surface area contributed by atoms with Crippen molar-refractivity contribution in [2.24, 2.45) is 0 Å². The van der Waals surface area contributed by atoms with Crippen molar-refractivity contribution in [3.05, 3.63) is 93.6 Å². The van der Waals surface area contributed by atoms with E-state index in [0.717, 1.165) is 43.2 Å². The number of unbranched alkanes of at least 4 members (excludes halogenated alkanes) is 1. The topological polar surface area (TPSA) is 33.0 Å². The molecule has 9 heteroatoms. The van der Waals surface area contributed by atoms with Gasteiger partial charge in [0.05, 0.1) is 12.2 Å². The second-order valence-electron chi connectivity index (χ2n) is 7.75. The molecule has 0 saturated carbocycles. The Morgan fingerprint density at radius 2 is 1.47 bits per heavy atom. The molecule has 3 aromatic rings. The number of nitriles is 1. The lowest BCUT2D eigenvalue weighted by molar-refractivity contribution is -0.139. The van der Waals surface area contributed by atoms with Crippen molar-refractivity contribution in [2.45, 2.75) is 32.5 Å². The van der Waals surface area contributed by atoms with Crippen LogP contribution >= 0.6 is 0 Å². The van der Waals surface area contributed by atoms with Crippen LogP contribution in [0.15, 0.2) is 42.5 Å². The highest BCUT2D eigenvalue weighted by Crippen LogP contribution is 2.40. The summed E-state index contributed by atoms with van der Waals surface area (Å²) in [7, 11) is 0. The lowest BCUT2D eigenvalue weighted by Crippen LogP contribution is -2.13. The normalized spacial score (nSPS) is 11.1. The van der Waals surface area contributed by atoms with Crippen LogP contribution in [0.4, 0.5) is 30.7 Å². The Labute approximate surface area is 202 Å². The zero-order valence-electron chi connectivity index (χ0n) is 18.9. The minimum atomic E-state index is -5.19. The summed E-state index contributed by atoms with van der Waals surface area (Å²) in [4.78, 5) is 0. The van der Waals surface area contributed by atoms with Crippen LogP contribution in [0.3, 0.4) is 0 Å². The Bertz CT molecular complexity index is 1340. The second-order valence-corrected chi connectivity index (χ2v) is 7.75. The van der Waals surface area contributed by atoms with Crippen molar-refractivity contribution in [2.75, 3.05) is 6.61 Å². The summed E-state index contributed by atoms with van der Waals surface area (Å²) in [5.74, 6) is -0.373. The van der Waals surface area contributed by atoms with Crippen molar-refractivity contribution in [3.8, 4) is 29.0 Å². The molecular formula is C27H18F7NO. The number of ether oxygens (including phenoxy) is 1. The molecule has 36 heavy (non-hydrogen) atoms. The van der Waals surface area contributed by atoms with E-state index in [1.54, 1.807) is 0 Å². The van der Waals surface area contributed by atoms with Crippen LogP contribution in [0.25, 0.3) is 11.1 Å².